The zero-order valence-electron chi connectivity index (χ0n) is 18.8. The second-order valence-electron chi connectivity index (χ2n) is 8.58. The van der Waals surface area contributed by atoms with Crippen LogP contribution in [-0.2, 0) is 30.4 Å². The van der Waals surface area contributed by atoms with Gasteiger partial charge in [-0.1, -0.05) is 42.0 Å². The second-order valence-corrected chi connectivity index (χ2v) is 10.2. The van der Waals surface area contributed by atoms with Crippen molar-refractivity contribution < 1.29 is 22.1 Å². The molecule has 1 aliphatic rings. The molecule has 0 spiro atoms. The molecular formula is C24H33NO5S. The standard InChI is InChI=1S/C19H23NO3S.C5H10O2/c1-15-6-8-18(9-7-15)24(21,22)23-14-17-4-2-3-5-19(17)16-10-12-20-13-11-16;1-5(2,3)7-4-6/h2-9,16,20H,10-14H2,1H3;4H,1-3H3. The number of nitrogens with one attached hydrogen (secondary N) is 1. The normalized spacial score (nSPS) is 15.0. The molecule has 6 nitrogen and oxygen atoms in total. The number of rotatable bonds is 6. The third-order valence-electron chi connectivity index (χ3n) is 4.91. The molecule has 170 valence electrons. The number of carbonyl (C=O) groups is 1. The molecular weight excluding hydrogens is 414 g/mol. The number of ether oxygens (including phenoxy) is 1. The fourth-order valence-corrected chi connectivity index (χ4v) is 4.14. The predicted octanol–water partition coefficient (Wildman–Crippen LogP) is 4.33. The van der Waals surface area contributed by atoms with Crippen LogP contribution in [0.5, 0.6) is 0 Å². The topological polar surface area (TPSA) is 81.7 Å². The molecule has 0 aromatic heterocycles. The molecule has 7 heteroatoms. The maximum Gasteiger partial charge on any atom is 0.297 e. The predicted molar refractivity (Wildman–Crippen MR) is 121 cm³/mol. The molecule has 31 heavy (non-hydrogen) atoms. The minimum absolute atomic E-state index is 0.0797. The van der Waals surface area contributed by atoms with E-state index in [9.17, 15) is 13.2 Å². The second kappa shape index (κ2) is 11.4. The molecule has 0 aliphatic carbocycles. The van der Waals surface area contributed by atoms with Gasteiger partial charge in [-0.05, 0) is 82.8 Å². The van der Waals surface area contributed by atoms with Crippen LogP contribution >= 0.6 is 0 Å². The number of hydrogen-bond acceptors (Lipinski definition) is 6. The summed E-state index contributed by atoms with van der Waals surface area (Å²) in [6, 6.07) is 14.7. The Bertz CT molecular complexity index is 927. The van der Waals surface area contributed by atoms with Gasteiger partial charge in [0.25, 0.3) is 16.6 Å². The first-order valence-corrected chi connectivity index (χ1v) is 11.9. The molecule has 1 saturated heterocycles. The molecule has 2 aromatic rings. The maximum atomic E-state index is 12.4. The molecule has 0 amide bonds. The number of aryl methyl sites for hydroxylation is 1. The van der Waals surface area contributed by atoms with E-state index in [4.69, 9.17) is 4.18 Å². The zero-order valence-corrected chi connectivity index (χ0v) is 19.6. The molecule has 0 bridgehead atoms. The van der Waals surface area contributed by atoms with Gasteiger partial charge in [-0.2, -0.15) is 8.42 Å². The summed E-state index contributed by atoms with van der Waals surface area (Å²) in [5.74, 6) is 0.466. The van der Waals surface area contributed by atoms with Crippen LogP contribution in [-0.4, -0.2) is 33.6 Å². The van der Waals surface area contributed by atoms with E-state index < -0.39 is 10.1 Å². The van der Waals surface area contributed by atoms with Gasteiger partial charge in [-0.15, -0.1) is 0 Å². The van der Waals surface area contributed by atoms with Gasteiger partial charge in [0.2, 0.25) is 0 Å². The van der Waals surface area contributed by atoms with E-state index in [0.717, 1.165) is 37.1 Å². The van der Waals surface area contributed by atoms with Gasteiger partial charge in [-0.25, -0.2) is 0 Å². The van der Waals surface area contributed by atoms with Gasteiger partial charge < -0.3 is 10.1 Å². The Hall–Kier alpha value is -2.22. The van der Waals surface area contributed by atoms with Gasteiger partial charge in [0, 0.05) is 0 Å². The molecule has 0 saturated carbocycles. The number of hydrogen-bond donors (Lipinski definition) is 1. The van der Waals surface area contributed by atoms with Gasteiger partial charge in [0.05, 0.1) is 11.5 Å². The lowest BCUT2D eigenvalue weighted by Gasteiger charge is -2.25. The van der Waals surface area contributed by atoms with Crippen molar-refractivity contribution >= 4 is 16.6 Å². The molecule has 1 aliphatic heterocycles. The van der Waals surface area contributed by atoms with Gasteiger partial charge in [0.1, 0.15) is 5.60 Å². The van der Waals surface area contributed by atoms with Crippen molar-refractivity contribution in [3.05, 3.63) is 65.2 Å². The summed E-state index contributed by atoms with van der Waals surface area (Å²) in [6.07, 6.45) is 2.14. The van der Waals surface area contributed by atoms with Crippen LogP contribution in [0, 0.1) is 6.92 Å². The smallest absolute Gasteiger partial charge is 0.297 e. The Balaban J connectivity index is 0.000000423. The quantitative estimate of drug-likeness (QED) is 0.524. The third-order valence-corrected chi connectivity index (χ3v) is 6.19. The van der Waals surface area contributed by atoms with Gasteiger partial charge in [0.15, 0.2) is 0 Å². The Morgan fingerprint density at radius 2 is 1.65 bits per heavy atom. The van der Waals surface area contributed by atoms with Gasteiger partial charge in [-0.3, -0.25) is 8.98 Å². The molecule has 1 heterocycles. The zero-order chi connectivity index (χ0) is 22.9. The first-order valence-electron chi connectivity index (χ1n) is 10.5. The molecule has 0 radical (unpaired) electrons. The van der Waals surface area contributed by atoms with Crippen LogP contribution in [0.2, 0.25) is 0 Å². The fourth-order valence-electron chi connectivity index (χ4n) is 3.26. The lowest BCUT2D eigenvalue weighted by Crippen LogP contribution is -2.27. The van der Waals surface area contributed by atoms with E-state index in [1.165, 1.54) is 5.56 Å². The van der Waals surface area contributed by atoms with Crippen molar-refractivity contribution in [2.24, 2.45) is 0 Å². The highest BCUT2D eigenvalue weighted by Gasteiger charge is 2.20. The van der Waals surface area contributed by atoms with Crippen LogP contribution in [0.3, 0.4) is 0 Å². The van der Waals surface area contributed by atoms with Crippen molar-refractivity contribution in [3.8, 4) is 0 Å². The Morgan fingerprint density at radius 3 is 2.19 bits per heavy atom. The molecule has 3 rings (SSSR count). The van der Waals surface area contributed by atoms with E-state index >= 15 is 0 Å². The Kier molecular flexibility index (Phi) is 9.22. The van der Waals surface area contributed by atoms with E-state index in [1.807, 2.05) is 45.9 Å². The summed E-state index contributed by atoms with van der Waals surface area (Å²) >= 11 is 0. The third kappa shape index (κ3) is 8.44. The summed E-state index contributed by atoms with van der Waals surface area (Å²) < 4.78 is 34.6. The highest BCUT2D eigenvalue weighted by molar-refractivity contribution is 7.86. The van der Waals surface area contributed by atoms with Crippen molar-refractivity contribution in [1.82, 2.24) is 5.32 Å². The largest absolute Gasteiger partial charge is 0.462 e. The summed E-state index contributed by atoms with van der Waals surface area (Å²) in [7, 11) is -3.74. The Labute approximate surface area is 186 Å². The fraction of sp³-hybridized carbons (Fsp3) is 0.458. The Morgan fingerprint density at radius 1 is 1.03 bits per heavy atom. The van der Waals surface area contributed by atoms with E-state index in [2.05, 4.69) is 16.1 Å². The lowest BCUT2D eigenvalue weighted by atomic mass is 9.87. The number of benzene rings is 2. The first-order chi connectivity index (χ1) is 14.6. The minimum Gasteiger partial charge on any atom is -0.462 e. The van der Waals surface area contributed by atoms with Crippen molar-refractivity contribution in [2.45, 2.75) is 63.6 Å². The average molecular weight is 448 g/mol. The lowest BCUT2D eigenvalue weighted by molar-refractivity contribution is -0.138. The molecule has 0 atom stereocenters. The number of carbonyl (C=O) groups excluding carboxylic acids is 1. The summed E-state index contributed by atoms with van der Waals surface area (Å²) in [5, 5.41) is 3.36. The van der Waals surface area contributed by atoms with E-state index in [1.54, 1.807) is 24.3 Å². The molecule has 1 N–H and O–H groups in total. The average Bonchev–Trinajstić information content (AvgIpc) is 2.73. The monoisotopic (exact) mass is 447 g/mol. The van der Waals surface area contributed by atoms with Gasteiger partial charge >= 0.3 is 0 Å². The number of piperidine rings is 1. The van der Waals surface area contributed by atoms with Crippen LogP contribution in [0.25, 0.3) is 0 Å². The van der Waals surface area contributed by atoms with Crippen LogP contribution in [0.4, 0.5) is 0 Å². The summed E-state index contributed by atoms with van der Waals surface area (Å²) in [4.78, 5) is 9.80. The van der Waals surface area contributed by atoms with E-state index in [-0.39, 0.29) is 17.1 Å². The van der Waals surface area contributed by atoms with Crippen molar-refractivity contribution in [1.29, 1.82) is 0 Å². The first kappa shape index (κ1) is 25.0. The van der Waals surface area contributed by atoms with Crippen LogP contribution in [0.15, 0.2) is 53.4 Å². The highest BCUT2D eigenvalue weighted by Crippen LogP contribution is 2.29. The SMILES string of the molecule is CC(C)(C)OC=O.Cc1ccc(S(=O)(=O)OCc2ccccc2C2CCNCC2)cc1. The highest BCUT2D eigenvalue weighted by atomic mass is 32.2. The van der Waals surface area contributed by atoms with E-state index in [0.29, 0.717) is 12.4 Å². The molecule has 1 fully saturated rings. The van der Waals surface area contributed by atoms with Crippen molar-refractivity contribution in [3.63, 3.8) is 0 Å². The minimum atomic E-state index is -3.74. The summed E-state index contributed by atoms with van der Waals surface area (Å²) in [6.45, 7) is 9.93. The van der Waals surface area contributed by atoms with Crippen molar-refractivity contribution in [2.75, 3.05) is 13.1 Å². The van der Waals surface area contributed by atoms with Crippen LogP contribution < -0.4 is 5.32 Å². The maximum absolute atomic E-state index is 12.4. The summed E-state index contributed by atoms with van der Waals surface area (Å²) in [5.41, 5.74) is 2.87. The molecule has 0 unspecified atom stereocenters. The van der Waals surface area contributed by atoms with Crippen LogP contribution in [0.1, 0.15) is 56.2 Å². The molecule has 2 aromatic carbocycles.